The largest absolute Gasteiger partial charge is 0.321 e. The van der Waals surface area contributed by atoms with Gasteiger partial charge in [-0.25, -0.2) is 0 Å². The minimum Gasteiger partial charge on any atom is -0.321 e. The molecule has 0 saturated carbocycles. The van der Waals surface area contributed by atoms with Crippen LogP contribution in [0.25, 0.3) is 0 Å². The van der Waals surface area contributed by atoms with E-state index in [1.165, 1.54) is 0 Å². The highest BCUT2D eigenvalue weighted by Gasteiger charge is 2.18. The fraction of sp³-hybridized carbons (Fsp3) is 0.800. The van der Waals surface area contributed by atoms with Crippen molar-refractivity contribution in [3.63, 3.8) is 0 Å². The first-order valence-electron chi connectivity index (χ1n) is 5.33. The third kappa shape index (κ3) is 2.32. The van der Waals surface area contributed by atoms with Crippen molar-refractivity contribution in [3.05, 3.63) is 12.2 Å². The lowest BCUT2D eigenvalue weighted by Crippen LogP contribution is -2.23. The molecule has 0 amide bonds. The molecule has 0 aliphatic rings. The molecule has 14 heavy (non-hydrogen) atoms. The molecule has 0 unspecified atom stereocenters. The lowest BCUT2D eigenvalue weighted by atomic mass is 9.99. The monoisotopic (exact) mass is 196 g/mol. The number of nitrogens with two attached hydrogens (primary N) is 1. The highest BCUT2D eigenvalue weighted by molar-refractivity contribution is 4.95. The molecule has 1 rings (SSSR count). The number of hydrogen-bond acceptors (Lipinski definition) is 3. The van der Waals surface area contributed by atoms with Crippen molar-refractivity contribution in [3.8, 4) is 0 Å². The van der Waals surface area contributed by atoms with E-state index in [4.69, 9.17) is 5.73 Å². The van der Waals surface area contributed by atoms with Gasteiger partial charge in [0.05, 0.1) is 6.04 Å². The Morgan fingerprint density at radius 2 is 2.21 bits per heavy atom. The molecule has 0 spiro atoms. The lowest BCUT2D eigenvalue weighted by Gasteiger charge is -2.18. The SMILES string of the molecule is CCCn1cnnc1[C@@H](N)[C@@H](C)CC. The fourth-order valence-corrected chi connectivity index (χ4v) is 1.44. The second-order valence-electron chi connectivity index (χ2n) is 3.79. The number of rotatable bonds is 5. The summed E-state index contributed by atoms with van der Waals surface area (Å²) in [5, 5.41) is 8.00. The van der Waals surface area contributed by atoms with E-state index >= 15 is 0 Å². The summed E-state index contributed by atoms with van der Waals surface area (Å²) in [6.45, 7) is 7.38. The van der Waals surface area contributed by atoms with Crippen molar-refractivity contribution in [1.82, 2.24) is 14.8 Å². The van der Waals surface area contributed by atoms with Crippen molar-refractivity contribution in [2.45, 2.75) is 46.2 Å². The summed E-state index contributed by atoms with van der Waals surface area (Å²) in [5.41, 5.74) is 6.10. The van der Waals surface area contributed by atoms with Gasteiger partial charge in [-0.1, -0.05) is 27.2 Å². The summed E-state index contributed by atoms with van der Waals surface area (Å²) in [5.74, 6) is 1.37. The van der Waals surface area contributed by atoms with Crippen LogP contribution in [-0.4, -0.2) is 14.8 Å². The van der Waals surface area contributed by atoms with E-state index in [0.29, 0.717) is 5.92 Å². The van der Waals surface area contributed by atoms with Crippen LogP contribution in [0.15, 0.2) is 6.33 Å². The predicted octanol–water partition coefficient (Wildman–Crippen LogP) is 1.73. The van der Waals surface area contributed by atoms with Gasteiger partial charge in [-0.2, -0.15) is 0 Å². The van der Waals surface area contributed by atoms with E-state index in [1.807, 2.05) is 0 Å². The Kier molecular flexibility index (Phi) is 4.07. The normalized spacial score (nSPS) is 15.4. The van der Waals surface area contributed by atoms with E-state index in [2.05, 4.69) is 35.5 Å². The van der Waals surface area contributed by atoms with Gasteiger partial charge in [-0.15, -0.1) is 10.2 Å². The summed E-state index contributed by atoms with van der Waals surface area (Å²) < 4.78 is 2.05. The Hall–Kier alpha value is -0.900. The van der Waals surface area contributed by atoms with Crippen LogP contribution in [0.2, 0.25) is 0 Å². The van der Waals surface area contributed by atoms with Gasteiger partial charge in [-0.05, 0) is 12.3 Å². The predicted molar refractivity (Wildman–Crippen MR) is 56.7 cm³/mol. The molecule has 1 aromatic heterocycles. The van der Waals surface area contributed by atoms with Gasteiger partial charge in [0, 0.05) is 6.54 Å². The summed E-state index contributed by atoms with van der Waals surface area (Å²) in [4.78, 5) is 0. The van der Waals surface area contributed by atoms with Gasteiger partial charge in [0.1, 0.15) is 12.2 Å². The highest BCUT2D eigenvalue weighted by atomic mass is 15.3. The summed E-state index contributed by atoms with van der Waals surface area (Å²) in [6, 6.07) is 0.00838. The van der Waals surface area contributed by atoms with Crippen molar-refractivity contribution < 1.29 is 0 Å². The molecule has 2 N–H and O–H groups in total. The fourth-order valence-electron chi connectivity index (χ4n) is 1.44. The molecule has 80 valence electrons. The Labute approximate surface area is 85.5 Å². The Morgan fingerprint density at radius 1 is 1.50 bits per heavy atom. The maximum Gasteiger partial charge on any atom is 0.150 e. The Morgan fingerprint density at radius 3 is 2.79 bits per heavy atom. The minimum atomic E-state index is 0.00838. The third-order valence-electron chi connectivity index (χ3n) is 2.67. The second-order valence-corrected chi connectivity index (χ2v) is 3.79. The smallest absolute Gasteiger partial charge is 0.150 e. The topological polar surface area (TPSA) is 56.7 Å². The number of hydrogen-bond donors (Lipinski definition) is 1. The standard InChI is InChI=1S/C10H20N4/c1-4-6-14-7-12-13-10(14)9(11)8(3)5-2/h7-9H,4-6,11H2,1-3H3/t8-,9-/m0/s1. The first-order valence-corrected chi connectivity index (χ1v) is 5.33. The van der Waals surface area contributed by atoms with Gasteiger partial charge in [0.15, 0.2) is 0 Å². The molecule has 0 fully saturated rings. The molecule has 4 heteroatoms. The van der Waals surface area contributed by atoms with Crippen molar-refractivity contribution >= 4 is 0 Å². The Balaban J connectivity index is 2.77. The molecule has 2 atom stereocenters. The summed E-state index contributed by atoms with van der Waals surface area (Å²) >= 11 is 0. The first kappa shape index (κ1) is 11.2. The second kappa shape index (κ2) is 5.10. The molecule has 1 heterocycles. The Bertz CT molecular complexity index is 269. The zero-order valence-corrected chi connectivity index (χ0v) is 9.27. The minimum absolute atomic E-state index is 0.00838. The van der Waals surface area contributed by atoms with Crippen molar-refractivity contribution in [2.24, 2.45) is 11.7 Å². The summed E-state index contributed by atoms with van der Waals surface area (Å²) in [7, 11) is 0. The lowest BCUT2D eigenvalue weighted by molar-refractivity contribution is 0.421. The van der Waals surface area contributed by atoms with Gasteiger partial charge in [0.25, 0.3) is 0 Å². The molecule has 0 bridgehead atoms. The van der Waals surface area contributed by atoms with E-state index in [9.17, 15) is 0 Å². The van der Waals surface area contributed by atoms with Crippen molar-refractivity contribution in [2.75, 3.05) is 0 Å². The van der Waals surface area contributed by atoms with E-state index in [0.717, 1.165) is 25.2 Å². The molecule has 0 aliphatic carbocycles. The molecule has 0 radical (unpaired) electrons. The van der Waals surface area contributed by atoms with E-state index in [-0.39, 0.29) is 6.04 Å². The van der Waals surface area contributed by atoms with Crippen LogP contribution < -0.4 is 5.73 Å². The zero-order chi connectivity index (χ0) is 10.6. The van der Waals surface area contributed by atoms with Crippen LogP contribution in [0.1, 0.15) is 45.5 Å². The number of nitrogens with zero attached hydrogens (tertiary/aromatic N) is 3. The van der Waals surface area contributed by atoms with Gasteiger partial charge in [-0.3, -0.25) is 0 Å². The zero-order valence-electron chi connectivity index (χ0n) is 9.27. The van der Waals surface area contributed by atoms with E-state index in [1.54, 1.807) is 6.33 Å². The summed E-state index contributed by atoms with van der Waals surface area (Å²) in [6.07, 6.45) is 3.92. The average molecular weight is 196 g/mol. The molecule has 0 aliphatic heterocycles. The van der Waals surface area contributed by atoms with Crippen molar-refractivity contribution in [1.29, 1.82) is 0 Å². The van der Waals surface area contributed by atoms with Crippen LogP contribution in [0.5, 0.6) is 0 Å². The number of aryl methyl sites for hydroxylation is 1. The maximum atomic E-state index is 6.10. The molecule has 4 nitrogen and oxygen atoms in total. The van der Waals surface area contributed by atoms with Crippen LogP contribution in [0.4, 0.5) is 0 Å². The van der Waals surface area contributed by atoms with Gasteiger partial charge in [0.2, 0.25) is 0 Å². The van der Waals surface area contributed by atoms with Crippen LogP contribution >= 0.6 is 0 Å². The average Bonchev–Trinajstić information content (AvgIpc) is 2.64. The van der Waals surface area contributed by atoms with Crippen LogP contribution in [0, 0.1) is 5.92 Å². The number of aromatic nitrogens is 3. The maximum absolute atomic E-state index is 6.10. The van der Waals surface area contributed by atoms with E-state index < -0.39 is 0 Å². The molecule has 1 aromatic rings. The molecular weight excluding hydrogens is 176 g/mol. The highest BCUT2D eigenvalue weighted by Crippen LogP contribution is 2.19. The molecule has 0 aromatic carbocycles. The quantitative estimate of drug-likeness (QED) is 0.780. The first-order chi connectivity index (χ1) is 6.70. The van der Waals surface area contributed by atoms with Gasteiger partial charge >= 0.3 is 0 Å². The molecular formula is C10H20N4. The molecule has 0 saturated heterocycles. The van der Waals surface area contributed by atoms with Crippen LogP contribution in [-0.2, 0) is 6.54 Å². The third-order valence-corrected chi connectivity index (χ3v) is 2.67. The van der Waals surface area contributed by atoms with Crippen LogP contribution in [0.3, 0.4) is 0 Å². The van der Waals surface area contributed by atoms with Gasteiger partial charge < -0.3 is 10.3 Å².